The molecule has 0 atom stereocenters. The number of aromatic nitrogens is 1. The third-order valence-electron chi connectivity index (χ3n) is 3.01. The molecule has 2 N–H and O–H groups in total. The number of rotatable bonds is 5. The van der Waals surface area contributed by atoms with E-state index in [0.717, 1.165) is 19.0 Å². The van der Waals surface area contributed by atoms with Crippen LogP contribution in [0.5, 0.6) is 0 Å². The zero-order valence-electron chi connectivity index (χ0n) is 9.36. The smallest absolute Gasteiger partial charge is 0.242 e. The number of halogens is 2. The normalized spacial score (nSPS) is 17.7. The van der Waals surface area contributed by atoms with E-state index in [-0.39, 0.29) is 33.6 Å². The molecule has 0 amide bonds. The summed E-state index contributed by atoms with van der Waals surface area (Å²) < 4.78 is 26.3. The number of pyridine rings is 1. The molecule has 2 rings (SSSR count). The zero-order chi connectivity index (χ0) is 13.4. The second kappa shape index (κ2) is 4.94. The molecule has 1 fully saturated rings. The van der Waals surface area contributed by atoms with E-state index in [1.807, 2.05) is 0 Å². The van der Waals surface area contributed by atoms with Gasteiger partial charge in [-0.3, -0.25) is 0 Å². The van der Waals surface area contributed by atoms with Crippen molar-refractivity contribution in [2.24, 2.45) is 5.41 Å². The number of nitrogens with one attached hydrogen (secondary N) is 1. The first kappa shape index (κ1) is 14.0. The minimum Gasteiger partial charge on any atom is -0.396 e. The fraction of sp³-hybridized carbons (Fsp3) is 0.500. The van der Waals surface area contributed by atoms with Gasteiger partial charge < -0.3 is 5.11 Å². The molecule has 100 valence electrons. The molecule has 1 aromatic rings. The van der Waals surface area contributed by atoms with Crippen LogP contribution in [0.3, 0.4) is 0 Å². The van der Waals surface area contributed by atoms with Gasteiger partial charge in [0.25, 0.3) is 0 Å². The number of sulfonamides is 1. The van der Waals surface area contributed by atoms with Crippen LogP contribution in [0.4, 0.5) is 0 Å². The molecule has 1 aromatic heterocycles. The SMILES string of the molecule is O=S(=O)(NCC1(CO)CC1)c1cnc(Cl)c(Cl)c1. The van der Waals surface area contributed by atoms with E-state index in [0.29, 0.717) is 0 Å². The summed E-state index contributed by atoms with van der Waals surface area (Å²) in [5.41, 5.74) is -0.295. The van der Waals surface area contributed by atoms with Gasteiger partial charge in [0.15, 0.2) is 0 Å². The summed E-state index contributed by atoms with van der Waals surface area (Å²) in [5.74, 6) is 0. The first-order chi connectivity index (χ1) is 8.38. The summed E-state index contributed by atoms with van der Waals surface area (Å²) >= 11 is 11.3. The maximum atomic E-state index is 12.0. The summed E-state index contributed by atoms with van der Waals surface area (Å²) in [6.07, 6.45) is 2.80. The van der Waals surface area contributed by atoms with Gasteiger partial charge in [0.1, 0.15) is 10.0 Å². The quantitative estimate of drug-likeness (QED) is 0.807. The number of hydrogen-bond donors (Lipinski definition) is 2. The lowest BCUT2D eigenvalue weighted by molar-refractivity contribution is 0.213. The molecule has 18 heavy (non-hydrogen) atoms. The van der Waals surface area contributed by atoms with Crippen molar-refractivity contribution in [1.29, 1.82) is 0 Å². The molecule has 0 saturated heterocycles. The number of aliphatic hydroxyl groups excluding tert-OH is 1. The number of hydrogen-bond acceptors (Lipinski definition) is 4. The third kappa shape index (κ3) is 2.95. The third-order valence-corrected chi connectivity index (χ3v) is 5.07. The standard InChI is InChI=1S/C10H12Cl2N2O3S/c11-8-3-7(4-13-9(8)12)18(16,17)14-5-10(6-15)1-2-10/h3-4,14-15H,1-2,5-6H2. The van der Waals surface area contributed by atoms with E-state index in [2.05, 4.69) is 9.71 Å². The second-order valence-electron chi connectivity index (χ2n) is 4.43. The predicted molar refractivity (Wildman–Crippen MR) is 68.2 cm³/mol. The average molecular weight is 311 g/mol. The van der Waals surface area contributed by atoms with Gasteiger partial charge in [-0.15, -0.1) is 0 Å². The first-order valence-electron chi connectivity index (χ1n) is 5.30. The zero-order valence-corrected chi connectivity index (χ0v) is 11.7. The summed E-state index contributed by atoms with van der Waals surface area (Å²) in [6, 6.07) is 1.25. The maximum Gasteiger partial charge on any atom is 0.242 e. The molecule has 8 heteroatoms. The molecule has 5 nitrogen and oxygen atoms in total. The van der Waals surface area contributed by atoms with Crippen LogP contribution in [-0.2, 0) is 10.0 Å². The van der Waals surface area contributed by atoms with Crippen LogP contribution in [0.25, 0.3) is 0 Å². The lowest BCUT2D eigenvalue weighted by atomic mass is 10.1. The highest BCUT2D eigenvalue weighted by Gasteiger charge is 2.42. The fourth-order valence-corrected chi connectivity index (χ4v) is 2.91. The topological polar surface area (TPSA) is 79.3 Å². The van der Waals surface area contributed by atoms with Crippen molar-refractivity contribution >= 4 is 33.2 Å². The largest absolute Gasteiger partial charge is 0.396 e. The highest BCUT2D eigenvalue weighted by atomic mass is 35.5. The van der Waals surface area contributed by atoms with Gasteiger partial charge in [0, 0.05) is 24.8 Å². The highest BCUT2D eigenvalue weighted by molar-refractivity contribution is 7.89. The molecule has 0 aromatic carbocycles. The van der Waals surface area contributed by atoms with Crippen molar-refractivity contribution in [1.82, 2.24) is 9.71 Å². The van der Waals surface area contributed by atoms with Crippen molar-refractivity contribution in [2.45, 2.75) is 17.7 Å². The Morgan fingerprint density at radius 3 is 2.61 bits per heavy atom. The lowest BCUT2D eigenvalue weighted by Gasteiger charge is -2.13. The van der Waals surface area contributed by atoms with Gasteiger partial charge in [0.05, 0.1) is 5.02 Å². The highest BCUT2D eigenvalue weighted by Crippen LogP contribution is 2.44. The van der Waals surface area contributed by atoms with Crippen molar-refractivity contribution in [3.05, 3.63) is 22.4 Å². The van der Waals surface area contributed by atoms with Crippen LogP contribution in [0.1, 0.15) is 12.8 Å². The molecule has 1 aliphatic rings. The van der Waals surface area contributed by atoms with Crippen LogP contribution in [0.2, 0.25) is 10.2 Å². The number of aliphatic hydroxyl groups is 1. The summed E-state index contributed by atoms with van der Waals surface area (Å²) in [7, 11) is -3.67. The van der Waals surface area contributed by atoms with E-state index in [9.17, 15) is 8.42 Å². The fourth-order valence-electron chi connectivity index (χ4n) is 1.45. The lowest BCUT2D eigenvalue weighted by Crippen LogP contribution is -2.32. The Hall–Kier alpha value is -0.400. The minimum atomic E-state index is -3.67. The van der Waals surface area contributed by atoms with Gasteiger partial charge in [-0.25, -0.2) is 18.1 Å². The van der Waals surface area contributed by atoms with Crippen LogP contribution in [-0.4, -0.2) is 31.7 Å². The predicted octanol–water partition coefficient (Wildman–Crippen LogP) is 1.44. The molecule has 1 heterocycles. The summed E-state index contributed by atoms with van der Waals surface area (Å²) in [4.78, 5) is 3.65. The Balaban J connectivity index is 2.13. The second-order valence-corrected chi connectivity index (χ2v) is 6.96. The first-order valence-corrected chi connectivity index (χ1v) is 7.54. The maximum absolute atomic E-state index is 12.0. The molecule has 0 spiro atoms. The molecular formula is C10H12Cl2N2O3S. The van der Waals surface area contributed by atoms with Crippen molar-refractivity contribution in [3.63, 3.8) is 0 Å². The van der Waals surface area contributed by atoms with Crippen LogP contribution >= 0.6 is 23.2 Å². The Morgan fingerprint density at radius 2 is 2.11 bits per heavy atom. The van der Waals surface area contributed by atoms with E-state index in [1.165, 1.54) is 6.07 Å². The Morgan fingerprint density at radius 1 is 1.44 bits per heavy atom. The molecule has 0 bridgehead atoms. The van der Waals surface area contributed by atoms with E-state index < -0.39 is 10.0 Å². The molecule has 1 aliphatic carbocycles. The van der Waals surface area contributed by atoms with Crippen molar-refractivity contribution < 1.29 is 13.5 Å². The van der Waals surface area contributed by atoms with E-state index >= 15 is 0 Å². The molecule has 0 aliphatic heterocycles. The minimum absolute atomic E-state index is 0.0187. The van der Waals surface area contributed by atoms with Gasteiger partial charge in [-0.2, -0.15) is 0 Å². The van der Waals surface area contributed by atoms with Gasteiger partial charge in [-0.1, -0.05) is 23.2 Å². The van der Waals surface area contributed by atoms with Gasteiger partial charge >= 0.3 is 0 Å². The van der Waals surface area contributed by atoms with E-state index in [4.69, 9.17) is 28.3 Å². The molecule has 0 radical (unpaired) electrons. The van der Waals surface area contributed by atoms with Crippen LogP contribution < -0.4 is 4.72 Å². The Bertz CT molecular complexity index is 558. The molecule has 0 unspecified atom stereocenters. The van der Waals surface area contributed by atoms with E-state index in [1.54, 1.807) is 0 Å². The number of nitrogens with zero attached hydrogens (tertiary/aromatic N) is 1. The Labute approximate surface area is 115 Å². The summed E-state index contributed by atoms with van der Waals surface area (Å²) in [5, 5.41) is 9.26. The van der Waals surface area contributed by atoms with Gasteiger partial charge in [-0.05, 0) is 18.9 Å². The monoisotopic (exact) mass is 310 g/mol. The van der Waals surface area contributed by atoms with Crippen LogP contribution in [0, 0.1) is 5.41 Å². The van der Waals surface area contributed by atoms with Crippen LogP contribution in [0.15, 0.2) is 17.2 Å². The van der Waals surface area contributed by atoms with Crippen molar-refractivity contribution in [2.75, 3.05) is 13.2 Å². The van der Waals surface area contributed by atoms with Crippen molar-refractivity contribution in [3.8, 4) is 0 Å². The Kier molecular flexibility index (Phi) is 3.85. The van der Waals surface area contributed by atoms with Gasteiger partial charge in [0.2, 0.25) is 10.0 Å². The molecular weight excluding hydrogens is 299 g/mol. The summed E-state index contributed by atoms with van der Waals surface area (Å²) in [6.45, 7) is 0.196. The molecule has 1 saturated carbocycles. The average Bonchev–Trinajstić information content (AvgIpc) is 3.11.